The standard InChI is InChI=1S/C24H33NO3/c1-7-21(17-9-13-19(27-6)14-10-17)25-23(26)22(8-2)28-20-15-11-18(12-16-20)24(3,4)5/h9-16,21-22H,7-8H2,1-6H3,(H,25,26)/t21-,22+/m1/s1. The van der Waals surface area contributed by atoms with Gasteiger partial charge in [-0.2, -0.15) is 0 Å². The molecule has 1 N–H and O–H groups in total. The van der Waals surface area contributed by atoms with Gasteiger partial charge in [-0.3, -0.25) is 4.79 Å². The molecule has 0 bridgehead atoms. The van der Waals surface area contributed by atoms with Crippen molar-refractivity contribution in [3.8, 4) is 11.5 Å². The summed E-state index contributed by atoms with van der Waals surface area (Å²) in [5, 5.41) is 3.12. The molecule has 4 heteroatoms. The molecule has 2 aromatic rings. The fraction of sp³-hybridized carbons (Fsp3) is 0.458. The number of carbonyl (C=O) groups excluding carboxylic acids is 1. The maximum absolute atomic E-state index is 12.8. The third-order valence-corrected chi connectivity index (χ3v) is 4.90. The van der Waals surface area contributed by atoms with Crippen LogP contribution in [0.15, 0.2) is 48.5 Å². The van der Waals surface area contributed by atoms with Gasteiger partial charge in [0, 0.05) is 0 Å². The lowest BCUT2D eigenvalue weighted by atomic mass is 9.87. The first-order valence-corrected chi connectivity index (χ1v) is 10.00. The monoisotopic (exact) mass is 383 g/mol. The van der Waals surface area contributed by atoms with E-state index < -0.39 is 6.10 Å². The number of nitrogens with one attached hydrogen (secondary N) is 1. The van der Waals surface area contributed by atoms with Crippen LogP contribution in [-0.4, -0.2) is 19.1 Å². The van der Waals surface area contributed by atoms with Gasteiger partial charge in [-0.05, 0) is 53.6 Å². The van der Waals surface area contributed by atoms with Gasteiger partial charge in [-0.1, -0.05) is 58.9 Å². The van der Waals surface area contributed by atoms with Crippen LogP contribution in [-0.2, 0) is 10.2 Å². The summed E-state index contributed by atoms with van der Waals surface area (Å²) in [4.78, 5) is 12.8. The fourth-order valence-corrected chi connectivity index (χ4v) is 3.04. The minimum atomic E-state index is -0.521. The number of hydrogen-bond acceptors (Lipinski definition) is 3. The van der Waals surface area contributed by atoms with Gasteiger partial charge in [-0.15, -0.1) is 0 Å². The third kappa shape index (κ3) is 5.75. The lowest BCUT2D eigenvalue weighted by molar-refractivity contribution is -0.128. The van der Waals surface area contributed by atoms with E-state index in [2.05, 4.69) is 45.1 Å². The number of rotatable bonds is 8. The second kappa shape index (κ2) is 9.63. The molecule has 0 heterocycles. The van der Waals surface area contributed by atoms with Crippen molar-refractivity contribution in [2.45, 2.75) is 65.0 Å². The maximum Gasteiger partial charge on any atom is 0.261 e. The van der Waals surface area contributed by atoms with Gasteiger partial charge in [0.05, 0.1) is 13.2 Å². The van der Waals surface area contributed by atoms with Crippen LogP contribution in [0, 0.1) is 0 Å². The highest BCUT2D eigenvalue weighted by Gasteiger charge is 2.22. The van der Waals surface area contributed by atoms with E-state index in [1.54, 1.807) is 7.11 Å². The Bertz CT molecular complexity index is 745. The van der Waals surface area contributed by atoms with Gasteiger partial charge in [0.1, 0.15) is 11.5 Å². The first-order chi connectivity index (χ1) is 13.3. The first-order valence-electron chi connectivity index (χ1n) is 10.00. The number of ether oxygens (including phenoxy) is 2. The summed E-state index contributed by atoms with van der Waals surface area (Å²) in [5.74, 6) is 1.43. The topological polar surface area (TPSA) is 47.6 Å². The Morgan fingerprint density at radius 2 is 1.50 bits per heavy atom. The Morgan fingerprint density at radius 3 is 1.96 bits per heavy atom. The van der Waals surface area contributed by atoms with Crippen LogP contribution in [0.25, 0.3) is 0 Å². The Balaban J connectivity index is 2.04. The second-order valence-electron chi connectivity index (χ2n) is 8.03. The molecule has 0 saturated carbocycles. The molecule has 0 fully saturated rings. The molecule has 0 aromatic heterocycles. The zero-order valence-corrected chi connectivity index (χ0v) is 17.9. The van der Waals surface area contributed by atoms with Gasteiger partial charge in [0.2, 0.25) is 0 Å². The summed E-state index contributed by atoms with van der Waals surface area (Å²) in [6.07, 6.45) is 0.883. The van der Waals surface area contributed by atoms with E-state index in [4.69, 9.17) is 9.47 Å². The van der Waals surface area contributed by atoms with Crippen LogP contribution in [0.3, 0.4) is 0 Å². The quantitative estimate of drug-likeness (QED) is 0.662. The summed E-state index contributed by atoms with van der Waals surface area (Å²) < 4.78 is 11.2. The number of amides is 1. The van der Waals surface area contributed by atoms with Crippen LogP contribution in [0.5, 0.6) is 11.5 Å². The predicted molar refractivity (Wildman–Crippen MR) is 114 cm³/mol. The molecule has 28 heavy (non-hydrogen) atoms. The first kappa shape index (κ1) is 21.8. The second-order valence-corrected chi connectivity index (χ2v) is 8.03. The lowest BCUT2D eigenvalue weighted by Gasteiger charge is -2.23. The van der Waals surface area contributed by atoms with Crippen LogP contribution in [0.1, 0.15) is 64.6 Å². The predicted octanol–water partition coefficient (Wildman–Crippen LogP) is 5.42. The van der Waals surface area contributed by atoms with E-state index in [-0.39, 0.29) is 17.4 Å². The van der Waals surface area contributed by atoms with E-state index in [0.717, 1.165) is 17.7 Å². The van der Waals surface area contributed by atoms with E-state index in [1.165, 1.54) is 5.56 Å². The Morgan fingerprint density at radius 1 is 0.929 bits per heavy atom. The van der Waals surface area contributed by atoms with Crippen molar-refractivity contribution >= 4 is 5.91 Å². The van der Waals surface area contributed by atoms with Crippen molar-refractivity contribution in [3.63, 3.8) is 0 Å². The summed E-state index contributed by atoms with van der Waals surface area (Å²) in [7, 11) is 1.64. The molecule has 4 nitrogen and oxygen atoms in total. The van der Waals surface area contributed by atoms with Crippen molar-refractivity contribution in [1.29, 1.82) is 0 Å². The van der Waals surface area contributed by atoms with Crippen LogP contribution >= 0.6 is 0 Å². The van der Waals surface area contributed by atoms with Gasteiger partial charge >= 0.3 is 0 Å². The molecule has 0 aliphatic carbocycles. The van der Waals surface area contributed by atoms with Crippen molar-refractivity contribution in [3.05, 3.63) is 59.7 Å². The van der Waals surface area contributed by atoms with E-state index in [9.17, 15) is 4.79 Å². The molecule has 2 rings (SSSR count). The molecule has 0 unspecified atom stereocenters. The van der Waals surface area contributed by atoms with Gasteiger partial charge in [-0.25, -0.2) is 0 Å². The number of methoxy groups -OCH3 is 1. The molecule has 0 radical (unpaired) electrons. The Kier molecular flexibility index (Phi) is 7.50. The lowest BCUT2D eigenvalue weighted by Crippen LogP contribution is -2.39. The number of hydrogen-bond donors (Lipinski definition) is 1. The average Bonchev–Trinajstić information content (AvgIpc) is 2.69. The van der Waals surface area contributed by atoms with Gasteiger partial charge < -0.3 is 14.8 Å². The summed E-state index contributed by atoms with van der Waals surface area (Å²) in [5.41, 5.74) is 2.39. The SMILES string of the molecule is CC[C@H](Oc1ccc(C(C)(C)C)cc1)C(=O)N[C@H](CC)c1ccc(OC)cc1. The smallest absolute Gasteiger partial charge is 0.261 e. The molecule has 0 aliphatic rings. The van der Waals surface area contributed by atoms with Gasteiger partial charge in [0.25, 0.3) is 5.91 Å². The molecular weight excluding hydrogens is 350 g/mol. The summed E-state index contributed by atoms with van der Waals surface area (Å²) in [6.45, 7) is 10.5. The summed E-state index contributed by atoms with van der Waals surface area (Å²) >= 11 is 0. The van der Waals surface area contributed by atoms with E-state index in [0.29, 0.717) is 12.2 Å². The molecule has 0 saturated heterocycles. The molecule has 0 spiro atoms. The van der Waals surface area contributed by atoms with E-state index >= 15 is 0 Å². The van der Waals surface area contributed by atoms with Crippen molar-refractivity contribution in [1.82, 2.24) is 5.32 Å². The number of carbonyl (C=O) groups is 1. The third-order valence-electron chi connectivity index (χ3n) is 4.90. The van der Waals surface area contributed by atoms with Crippen molar-refractivity contribution in [2.75, 3.05) is 7.11 Å². The maximum atomic E-state index is 12.8. The Hall–Kier alpha value is -2.49. The van der Waals surface area contributed by atoms with Crippen molar-refractivity contribution < 1.29 is 14.3 Å². The highest BCUT2D eigenvalue weighted by molar-refractivity contribution is 5.81. The van der Waals surface area contributed by atoms with Crippen LogP contribution in [0.4, 0.5) is 0 Å². The highest BCUT2D eigenvalue weighted by Crippen LogP contribution is 2.25. The normalized spacial score (nSPS) is 13.5. The molecule has 2 aromatic carbocycles. The zero-order valence-electron chi connectivity index (χ0n) is 17.9. The molecular formula is C24H33NO3. The zero-order chi connectivity index (χ0) is 20.7. The van der Waals surface area contributed by atoms with Crippen molar-refractivity contribution in [2.24, 2.45) is 0 Å². The van der Waals surface area contributed by atoms with Gasteiger partial charge in [0.15, 0.2) is 6.10 Å². The number of benzene rings is 2. The minimum absolute atomic E-state index is 0.0562. The van der Waals surface area contributed by atoms with E-state index in [1.807, 2.05) is 43.3 Å². The fourth-order valence-electron chi connectivity index (χ4n) is 3.04. The largest absolute Gasteiger partial charge is 0.497 e. The highest BCUT2D eigenvalue weighted by atomic mass is 16.5. The van der Waals surface area contributed by atoms with Crippen LogP contribution < -0.4 is 14.8 Å². The molecule has 2 atom stereocenters. The Labute approximate surface area is 169 Å². The molecule has 152 valence electrons. The molecule has 0 aliphatic heterocycles. The summed E-state index contributed by atoms with van der Waals surface area (Å²) in [6, 6.07) is 15.7. The average molecular weight is 384 g/mol. The molecule has 1 amide bonds. The van der Waals surface area contributed by atoms with Crippen LogP contribution in [0.2, 0.25) is 0 Å². The minimum Gasteiger partial charge on any atom is -0.497 e.